The summed E-state index contributed by atoms with van der Waals surface area (Å²) in [6.07, 6.45) is 36.2. The lowest BCUT2D eigenvalue weighted by molar-refractivity contribution is 0.0946. The second-order valence-corrected chi connectivity index (χ2v) is 25.0. The van der Waals surface area contributed by atoms with E-state index in [0.717, 1.165) is 25.7 Å². The summed E-state index contributed by atoms with van der Waals surface area (Å²) in [6, 6.07) is 20.7. The van der Waals surface area contributed by atoms with E-state index in [2.05, 4.69) is 101 Å². The minimum atomic E-state index is -0.00889. The fraction of sp³-hybridized carbons (Fsp3) is 0.444. The highest BCUT2D eigenvalue weighted by molar-refractivity contribution is 6.21. The minimum absolute atomic E-state index is 0.00889. The third-order valence-corrected chi connectivity index (χ3v) is 21.3. The molecule has 0 amide bonds. The maximum atomic E-state index is 7.63. The molecule has 6 aromatic carbocycles. The van der Waals surface area contributed by atoms with Gasteiger partial charge in [-0.3, -0.25) is 0 Å². The Morgan fingerprint density at radius 2 is 0.554 bits per heavy atom. The maximum absolute atomic E-state index is 7.63. The number of ether oxygens (including phenoxy) is 2. The zero-order chi connectivity index (χ0) is 48.8. The average Bonchev–Trinajstić information content (AvgIpc) is 4.32. The molecule has 16 rings (SSSR count). The first-order chi connectivity index (χ1) is 36.6. The summed E-state index contributed by atoms with van der Waals surface area (Å²) in [6.45, 7) is 9.44. The predicted octanol–water partition coefficient (Wildman–Crippen LogP) is 15.8. The quantitative estimate of drug-likeness (QED) is 0.0710. The molecule has 4 aliphatic heterocycles. The summed E-state index contributed by atoms with van der Waals surface area (Å²) < 4.78 is 15.3. The van der Waals surface area contributed by atoms with Gasteiger partial charge in [-0.1, -0.05) is 178 Å². The van der Waals surface area contributed by atoms with Gasteiger partial charge in [-0.2, -0.15) is 0 Å². The van der Waals surface area contributed by atoms with E-state index in [1.807, 2.05) is 0 Å². The molecule has 74 heavy (non-hydrogen) atoms. The zero-order valence-electron chi connectivity index (χ0n) is 44.5. The largest absolute Gasteiger partial charge is 0.356 e. The first-order valence-electron chi connectivity index (χ1n) is 30.4. The van der Waals surface area contributed by atoms with Crippen molar-refractivity contribution < 1.29 is 9.47 Å². The fourth-order valence-electron chi connectivity index (χ4n) is 18.3. The normalized spacial score (nSPS) is 25.2. The van der Waals surface area contributed by atoms with E-state index in [0.29, 0.717) is 23.7 Å². The summed E-state index contributed by atoms with van der Waals surface area (Å²) in [5.74, 6) is 1.32. The standard InChI is InChI=1S/C72H72O2/c1-5-9-13-17-21-37-49-33-53-41-25-30-47-60-48-32-27-42(57(41)60)54(53)34-50(49)38(22-18-14-10-6-2)62-61(37)69-65-45-29-26-43-55-35-51-39(23-19-15-11-7-3)63-64(72-68(48)67(47)71(63)74-72)40(24-20-16-12-8-4)52(51)36-56(55)44-28-31-46(59(45)58(43)44)66(65)70(62)73-69/h25-36,53-56,69-72H,5-24H2,1-4H3/t53-,54?,55?,56-,69-,70+,71+,72-/m0/s1. The van der Waals surface area contributed by atoms with Crippen LogP contribution in [0.2, 0.25) is 0 Å². The van der Waals surface area contributed by atoms with E-state index in [1.54, 1.807) is 109 Å². The molecule has 8 atom stereocenters. The second kappa shape index (κ2) is 16.1. The Hall–Kier alpha value is -5.28. The van der Waals surface area contributed by atoms with Gasteiger partial charge in [0.25, 0.3) is 0 Å². The van der Waals surface area contributed by atoms with Crippen LogP contribution >= 0.6 is 0 Å². The van der Waals surface area contributed by atoms with Crippen LogP contribution < -0.4 is 20.9 Å². The van der Waals surface area contributed by atoms with E-state index in [-0.39, 0.29) is 24.4 Å². The number of hydrogen-bond acceptors (Lipinski definition) is 2. The van der Waals surface area contributed by atoms with Gasteiger partial charge >= 0.3 is 0 Å². The van der Waals surface area contributed by atoms with Crippen LogP contribution in [0.1, 0.15) is 268 Å². The van der Waals surface area contributed by atoms with Crippen LogP contribution in [-0.4, -0.2) is 0 Å². The van der Waals surface area contributed by atoms with Crippen LogP contribution in [0.25, 0.3) is 68.1 Å². The van der Waals surface area contributed by atoms with Crippen LogP contribution in [0.5, 0.6) is 0 Å². The van der Waals surface area contributed by atoms with Gasteiger partial charge in [0.1, 0.15) is 24.4 Å². The molecule has 2 heteroatoms. The molecule has 0 saturated heterocycles. The Labute approximate surface area is 438 Å². The Kier molecular flexibility index (Phi) is 9.57. The van der Waals surface area contributed by atoms with Gasteiger partial charge < -0.3 is 9.47 Å². The van der Waals surface area contributed by atoms with Crippen molar-refractivity contribution in [3.63, 3.8) is 0 Å². The molecule has 0 radical (unpaired) electrons. The highest BCUT2D eigenvalue weighted by atomic mass is 16.5. The Morgan fingerprint density at radius 3 is 0.797 bits per heavy atom. The summed E-state index contributed by atoms with van der Waals surface area (Å²) in [5.41, 5.74) is 30.9. The molecule has 10 aliphatic rings. The van der Waals surface area contributed by atoms with Gasteiger partial charge in [-0.05, 0) is 205 Å². The first kappa shape index (κ1) is 43.9. The fourth-order valence-corrected chi connectivity index (χ4v) is 18.3. The van der Waals surface area contributed by atoms with Crippen molar-refractivity contribution in [3.05, 3.63) is 158 Å². The van der Waals surface area contributed by atoms with Gasteiger partial charge in [0.15, 0.2) is 0 Å². The summed E-state index contributed by atoms with van der Waals surface area (Å²) in [7, 11) is 0. The van der Waals surface area contributed by atoms with Crippen molar-refractivity contribution in [2.24, 2.45) is 0 Å². The molecule has 2 nitrogen and oxygen atoms in total. The van der Waals surface area contributed by atoms with Crippen LogP contribution in [0, 0.1) is 0 Å². The molecule has 0 saturated carbocycles. The molecule has 0 fully saturated rings. The summed E-state index contributed by atoms with van der Waals surface area (Å²) in [5, 5.41) is 12.5. The number of unbranched alkanes of at least 4 members (excludes halogenated alkanes) is 12. The van der Waals surface area contributed by atoms with E-state index in [9.17, 15) is 0 Å². The molecule has 0 N–H and O–H groups in total. The van der Waals surface area contributed by atoms with Crippen molar-refractivity contribution in [2.75, 3.05) is 0 Å². The molecule has 0 aromatic heterocycles. The van der Waals surface area contributed by atoms with Crippen molar-refractivity contribution in [1.29, 1.82) is 0 Å². The van der Waals surface area contributed by atoms with Crippen LogP contribution in [0.3, 0.4) is 0 Å². The lowest BCUT2D eigenvalue weighted by Crippen LogP contribution is -2.39. The molecule has 6 aliphatic carbocycles. The lowest BCUT2D eigenvalue weighted by atomic mass is 9.73. The lowest BCUT2D eigenvalue weighted by Gasteiger charge is -2.28. The third kappa shape index (κ3) is 5.41. The van der Waals surface area contributed by atoms with E-state index in [1.165, 1.54) is 147 Å². The SMILES string of the molecule is CCCCCCc1c2c3c(CCCCCC)c4c1=C[C@H]1c5ccc6c7c(ccc(c57)C1C=4)C1=C6[C@@H]4O[C@H]1c1c4c(CCCCCC)c4c(c1CCCCCC)=C[C@H]1c5ccc6c7c(ccc(c57)C1C=4)C1=C6[C@@H]3O[C@H]12. The highest BCUT2D eigenvalue weighted by Crippen LogP contribution is 2.70. The predicted molar refractivity (Wildman–Crippen MR) is 306 cm³/mol. The minimum Gasteiger partial charge on any atom is -0.356 e. The molecular formula is C72H72O2. The number of fused-ring (bicyclic) bond motifs is 26. The molecular weight excluding hydrogens is 897 g/mol. The van der Waals surface area contributed by atoms with Crippen molar-refractivity contribution >= 4 is 68.1 Å². The van der Waals surface area contributed by atoms with Gasteiger partial charge in [0.2, 0.25) is 0 Å². The average molecular weight is 969 g/mol. The van der Waals surface area contributed by atoms with Crippen LogP contribution in [0.15, 0.2) is 48.5 Å². The van der Waals surface area contributed by atoms with E-state index >= 15 is 0 Å². The van der Waals surface area contributed by atoms with Gasteiger partial charge in [-0.15, -0.1) is 0 Å². The van der Waals surface area contributed by atoms with Gasteiger partial charge in [-0.25, -0.2) is 0 Å². The van der Waals surface area contributed by atoms with Gasteiger partial charge in [0, 0.05) is 23.7 Å². The summed E-state index contributed by atoms with van der Waals surface area (Å²) in [4.78, 5) is 0. The molecule has 0 spiro atoms. The Bertz CT molecular complexity index is 3410. The van der Waals surface area contributed by atoms with Crippen LogP contribution in [-0.2, 0) is 35.2 Å². The second-order valence-electron chi connectivity index (χ2n) is 25.0. The van der Waals surface area contributed by atoms with E-state index in [4.69, 9.17) is 9.47 Å². The monoisotopic (exact) mass is 969 g/mol. The highest BCUT2D eigenvalue weighted by Gasteiger charge is 2.55. The molecule has 2 unspecified atom stereocenters. The number of benzene rings is 6. The molecule has 4 bridgehead atoms. The number of hydrogen-bond donors (Lipinski definition) is 0. The molecule has 6 aromatic rings. The van der Waals surface area contributed by atoms with Crippen LogP contribution in [0.4, 0.5) is 0 Å². The zero-order valence-corrected chi connectivity index (χ0v) is 44.5. The van der Waals surface area contributed by atoms with Crippen molar-refractivity contribution in [1.82, 2.24) is 0 Å². The molecule has 372 valence electrons. The molecule has 4 heterocycles. The first-order valence-corrected chi connectivity index (χ1v) is 30.4. The van der Waals surface area contributed by atoms with E-state index < -0.39 is 0 Å². The topological polar surface area (TPSA) is 18.5 Å². The smallest absolute Gasteiger partial charge is 0.111 e. The number of rotatable bonds is 20. The summed E-state index contributed by atoms with van der Waals surface area (Å²) >= 11 is 0. The van der Waals surface area contributed by atoms with Crippen molar-refractivity contribution in [3.8, 4) is 0 Å². The Balaban J connectivity index is 0.967. The Morgan fingerprint density at radius 1 is 0.297 bits per heavy atom. The van der Waals surface area contributed by atoms with Gasteiger partial charge in [0.05, 0.1) is 0 Å². The van der Waals surface area contributed by atoms with Crippen molar-refractivity contribution in [2.45, 2.75) is 204 Å². The maximum Gasteiger partial charge on any atom is 0.111 e. The third-order valence-electron chi connectivity index (χ3n) is 21.3.